The predicted molar refractivity (Wildman–Crippen MR) is 82.4 cm³/mol. The summed E-state index contributed by atoms with van der Waals surface area (Å²) in [5.41, 5.74) is 3.25. The summed E-state index contributed by atoms with van der Waals surface area (Å²) in [6, 6.07) is 0.479. The van der Waals surface area contributed by atoms with Crippen LogP contribution in [0.4, 0.5) is 0 Å². The van der Waals surface area contributed by atoms with Gasteiger partial charge in [0, 0.05) is 24.9 Å². The maximum absolute atomic E-state index is 5.96. The first-order valence-electron chi connectivity index (χ1n) is 7.65. The van der Waals surface area contributed by atoms with Crippen LogP contribution in [0, 0.1) is 12.8 Å². The largest absolute Gasteiger partial charge is 0.310 e. The monoisotopic (exact) mass is 294 g/mol. The van der Waals surface area contributed by atoms with Crippen molar-refractivity contribution in [2.45, 2.75) is 59.0 Å². The summed E-state index contributed by atoms with van der Waals surface area (Å²) < 4.78 is 4.47. The second-order valence-electron chi connectivity index (χ2n) is 5.94. The van der Waals surface area contributed by atoms with Crippen molar-refractivity contribution in [1.82, 2.24) is 19.3 Å². The zero-order valence-corrected chi connectivity index (χ0v) is 13.3. The molecule has 2 heterocycles. The third-order valence-electron chi connectivity index (χ3n) is 4.25. The number of halogens is 1. The summed E-state index contributed by atoms with van der Waals surface area (Å²) in [6.07, 6.45) is 4.85. The van der Waals surface area contributed by atoms with Gasteiger partial charge in [-0.3, -0.25) is 0 Å². The second kappa shape index (κ2) is 5.40. The number of alkyl halides is 1. The lowest BCUT2D eigenvalue weighted by Crippen LogP contribution is -2.14. The Kier molecular flexibility index (Phi) is 3.76. The van der Waals surface area contributed by atoms with Gasteiger partial charge in [-0.05, 0) is 33.1 Å². The van der Waals surface area contributed by atoms with Gasteiger partial charge in [-0.15, -0.1) is 11.6 Å². The van der Waals surface area contributed by atoms with Gasteiger partial charge in [0.05, 0.1) is 5.69 Å². The van der Waals surface area contributed by atoms with Gasteiger partial charge in [-0.1, -0.05) is 12.8 Å². The molecule has 0 amide bonds. The van der Waals surface area contributed by atoms with Crippen LogP contribution in [0.15, 0.2) is 0 Å². The highest BCUT2D eigenvalue weighted by molar-refractivity contribution is 6.17. The molecule has 0 saturated heterocycles. The maximum Gasteiger partial charge on any atom is 0.159 e. The Bertz CT molecular complexity index is 609. The van der Waals surface area contributed by atoms with Crippen molar-refractivity contribution >= 4 is 22.8 Å². The van der Waals surface area contributed by atoms with Crippen molar-refractivity contribution < 1.29 is 0 Å². The molecule has 0 N–H and O–H groups in total. The quantitative estimate of drug-likeness (QED) is 0.762. The van der Waals surface area contributed by atoms with Crippen LogP contribution in [0.5, 0.6) is 0 Å². The summed E-state index contributed by atoms with van der Waals surface area (Å²) in [4.78, 5) is 4.81. The standard InChI is InChI=1S/C15H23ClN4/c1-4-19-15-14(11(3)18-19)17-13(7-8-16)20(15)10(2)9-12-5-6-12/h10,12H,4-9H2,1-3H3. The summed E-state index contributed by atoms with van der Waals surface area (Å²) >= 11 is 5.96. The Morgan fingerprint density at radius 3 is 2.75 bits per heavy atom. The SMILES string of the molecule is CCn1nc(C)c2nc(CCCl)n(C(C)CC3CC3)c21. The highest BCUT2D eigenvalue weighted by Crippen LogP contribution is 2.38. The number of aromatic nitrogens is 4. The molecule has 1 fully saturated rings. The Balaban J connectivity index is 2.10. The highest BCUT2D eigenvalue weighted by atomic mass is 35.5. The van der Waals surface area contributed by atoms with Gasteiger partial charge in [0.2, 0.25) is 0 Å². The van der Waals surface area contributed by atoms with E-state index in [1.54, 1.807) is 0 Å². The van der Waals surface area contributed by atoms with Crippen LogP contribution in [0.1, 0.15) is 50.7 Å². The molecule has 0 aliphatic heterocycles. The Labute approximate surface area is 125 Å². The van der Waals surface area contributed by atoms with Crippen molar-refractivity contribution in [2.75, 3.05) is 5.88 Å². The minimum atomic E-state index is 0.479. The van der Waals surface area contributed by atoms with E-state index in [9.17, 15) is 0 Å². The first kappa shape index (κ1) is 13.9. The lowest BCUT2D eigenvalue weighted by molar-refractivity contribution is 0.462. The fraction of sp³-hybridized carbons (Fsp3) is 0.733. The molecular formula is C15H23ClN4. The van der Waals surface area contributed by atoms with Crippen LogP contribution in [0.2, 0.25) is 0 Å². The minimum absolute atomic E-state index is 0.479. The van der Waals surface area contributed by atoms with E-state index in [-0.39, 0.29) is 0 Å². The molecule has 110 valence electrons. The molecule has 20 heavy (non-hydrogen) atoms. The second-order valence-corrected chi connectivity index (χ2v) is 6.32. The molecule has 1 aliphatic carbocycles. The fourth-order valence-corrected chi connectivity index (χ4v) is 3.29. The van der Waals surface area contributed by atoms with E-state index in [4.69, 9.17) is 16.6 Å². The molecule has 1 unspecified atom stereocenters. The van der Waals surface area contributed by atoms with Crippen LogP contribution in [-0.2, 0) is 13.0 Å². The zero-order chi connectivity index (χ0) is 14.3. The normalized spacial score (nSPS) is 17.0. The van der Waals surface area contributed by atoms with Crippen LogP contribution in [-0.4, -0.2) is 25.2 Å². The van der Waals surface area contributed by atoms with Crippen molar-refractivity contribution in [1.29, 1.82) is 0 Å². The zero-order valence-electron chi connectivity index (χ0n) is 12.6. The molecule has 1 saturated carbocycles. The van der Waals surface area contributed by atoms with Gasteiger partial charge in [0.1, 0.15) is 11.3 Å². The average Bonchev–Trinajstić information content (AvgIpc) is 3.06. The molecule has 0 aromatic carbocycles. The minimum Gasteiger partial charge on any atom is -0.310 e. The van der Waals surface area contributed by atoms with Gasteiger partial charge in [0.25, 0.3) is 0 Å². The molecule has 4 nitrogen and oxygen atoms in total. The van der Waals surface area contributed by atoms with Crippen LogP contribution < -0.4 is 0 Å². The predicted octanol–water partition coefficient (Wildman–Crippen LogP) is 3.70. The van der Waals surface area contributed by atoms with E-state index in [1.807, 2.05) is 6.92 Å². The first-order valence-corrected chi connectivity index (χ1v) is 8.19. The number of hydrogen-bond donors (Lipinski definition) is 0. The van der Waals surface area contributed by atoms with Gasteiger partial charge in [-0.25, -0.2) is 9.67 Å². The Morgan fingerprint density at radius 1 is 1.40 bits per heavy atom. The summed E-state index contributed by atoms with van der Waals surface area (Å²) in [5, 5.41) is 4.61. The third kappa shape index (κ3) is 2.34. The van der Waals surface area contributed by atoms with Crippen LogP contribution in [0.3, 0.4) is 0 Å². The molecular weight excluding hydrogens is 272 g/mol. The molecule has 0 radical (unpaired) electrons. The van der Waals surface area contributed by atoms with Gasteiger partial charge in [0.15, 0.2) is 5.65 Å². The smallest absolute Gasteiger partial charge is 0.159 e. The van der Waals surface area contributed by atoms with Crippen LogP contribution >= 0.6 is 11.6 Å². The van der Waals surface area contributed by atoms with E-state index >= 15 is 0 Å². The molecule has 5 heteroatoms. The van der Waals surface area contributed by atoms with E-state index in [0.717, 1.165) is 35.9 Å². The molecule has 0 spiro atoms. The summed E-state index contributed by atoms with van der Waals surface area (Å²) in [5.74, 6) is 2.64. The summed E-state index contributed by atoms with van der Waals surface area (Å²) in [6.45, 7) is 7.36. The fourth-order valence-electron chi connectivity index (χ4n) is 3.12. The van der Waals surface area contributed by atoms with E-state index in [2.05, 4.69) is 28.2 Å². The number of imidazole rings is 1. The first-order chi connectivity index (χ1) is 9.65. The summed E-state index contributed by atoms with van der Waals surface area (Å²) in [7, 11) is 0. The molecule has 2 aromatic rings. The van der Waals surface area contributed by atoms with Crippen molar-refractivity contribution in [3.63, 3.8) is 0 Å². The number of aryl methyl sites for hydroxylation is 3. The van der Waals surface area contributed by atoms with Gasteiger partial charge >= 0.3 is 0 Å². The Hall–Kier alpha value is -1.03. The van der Waals surface area contributed by atoms with Crippen molar-refractivity contribution in [3.05, 3.63) is 11.5 Å². The van der Waals surface area contributed by atoms with E-state index < -0.39 is 0 Å². The number of hydrogen-bond acceptors (Lipinski definition) is 2. The van der Waals surface area contributed by atoms with Gasteiger partial charge < -0.3 is 4.57 Å². The topological polar surface area (TPSA) is 35.6 Å². The maximum atomic E-state index is 5.96. The van der Waals surface area contributed by atoms with Crippen LogP contribution in [0.25, 0.3) is 11.2 Å². The number of rotatable bonds is 6. The lowest BCUT2D eigenvalue weighted by atomic mass is 10.1. The number of nitrogens with zero attached hydrogens (tertiary/aromatic N) is 4. The molecule has 2 aromatic heterocycles. The highest BCUT2D eigenvalue weighted by Gasteiger charge is 2.27. The molecule has 0 bridgehead atoms. The third-order valence-corrected chi connectivity index (χ3v) is 4.44. The van der Waals surface area contributed by atoms with E-state index in [1.165, 1.54) is 24.9 Å². The van der Waals surface area contributed by atoms with Crippen molar-refractivity contribution in [3.8, 4) is 0 Å². The van der Waals surface area contributed by atoms with E-state index in [0.29, 0.717) is 11.9 Å². The molecule has 1 aliphatic rings. The average molecular weight is 295 g/mol. The van der Waals surface area contributed by atoms with Gasteiger partial charge in [-0.2, -0.15) is 5.10 Å². The molecule has 1 atom stereocenters. The molecule has 3 rings (SSSR count). The Morgan fingerprint density at radius 2 is 2.15 bits per heavy atom. The number of fused-ring (bicyclic) bond motifs is 1. The van der Waals surface area contributed by atoms with Crippen molar-refractivity contribution in [2.24, 2.45) is 5.92 Å². The lowest BCUT2D eigenvalue weighted by Gasteiger charge is -2.17.